The molecular formula is C13H15NS. The number of para-hydroxylation sites is 1. The van der Waals surface area contributed by atoms with Crippen molar-refractivity contribution in [1.82, 2.24) is 4.98 Å². The Labute approximate surface area is 94.2 Å². The summed E-state index contributed by atoms with van der Waals surface area (Å²) in [5, 5.41) is 1.32. The summed E-state index contributed by atoms with van der Waals surface area (Å²) < 4.78 is 1.33. The van der Waals surface area contributed by atoms with E-state index in [1.165, 1.54) is 47.3 Å². The van der Waals surface area contributed by atoms with Crippen molar-refractivity contribution in [3.63, 3.8) is 0 Å². The summed E-state index contributed by atoms with van der Waals surface area (Å²) in [5.74, 6) is 0.997. The minimum absolute atomic E-state index is 0.997. The summed E-state index contributed by atoms with van der Waals surface area (Å²) in [6.45, 7) is 0. The maximum atomic E-state index is 4.66. The largest absolute Gasteiger partial charge is 0.241 e. The first-order chi connectivity index (χ1) is 7.42. The first kappa shape index (κ1) is 9.34. The van der Waals surface area contributed by atoms with E-state index in [2.05, 4.69) is 29.2 Å². The summed E-state index contributed by atoms with van der Waals surface area (Å²) >= 11 is 1.86. The van der Waals surface area contributed by atoms with E-state index in [0.717, 1.165) is 5.92 Å². The van der Waals surface area contributed by atoms with Gasteiger partial charge in [0, 0.05) is 0 Å². The zero-order chi connectivity index (χ0) is 10.1. The Kier molecular flexibility index (Phi) is 2.45. The first-order valence-electron chi connectivity index (χ1n) is 5.76. The Morgan fingerprint density at radius 2 is 2.13 bits per heavy atom. The summed E-state index contributed by atoms with van der Waals surface area (Å²) in [6, 6.07) is 8.44. The molecule has 0 saturated heterocycles. The SMILES string of the molecule is c1ccc2sc(CCC3CCC3)nc2c1. The molecule has 0 amide bonds. The van der Waals surface area contributed by atoms with Crippen molar-refractivity contribution in [2.75, 3.05) is 0 Å². The maximum Gasteiger partial charge on any atom is 0.0938 e. The number of hydrogen-bond donors (Lipinski definition) is 0. The number of aromatic nitrogens is 1. The summed E-state index contributed by atoms with van der Waals surface area (Å²) in [5.41, 5.74) is 1.17. The van der Waals surface area contributed by atoms with Gasteiger partial charge in [-0.3, -0.25) is 0 Å². The molecule has 2 aromatic rings. The topological polar surface area (TPSA) is 12.9 Å². The monoisotopic (exact) mass is 217 g/mol. The van der Waals surface area contributed by atoms with Crippen LogP contribution in [0.1, 0.15) is 30.7 Å². The van der Waals surface area contributed by atoms with Crippen molar-refractivity contribution >= 4 is 21.6 Å². The van der Waals surface area contributed by atoms with Crippen LogP contribution in [0.5, 0.6) is 0 Å². The molecule has 1 fully saturated rings. The minimum atomic E-state index is 0.997. The van der Waals surface area contributed by atoms with E-state index in [9.17, 15) is 0 Å². The zero-order valence-electron chi connectivity index (χ0n) is 8.78. The van der Waals surface area contributed by atoms with Crippen molar-refractivity contribution in [2.24, 2.45) is 5.92 Å². The first-order valence-corrected chi connectivity index (χ1v) is 6.58. The Morgan fingerprint density at radius 3 is 2.87 bits per heavy atom. The van der Waals surface area contributed by atoms with Crippen molar-refractivity contribution in [2.45, 2.75) is 32.1 Å². The molecule has 0 spiro atoms. The smallest absolute Gasteiger partial charge is 0.0938 e. The van der Waals surface area contributed by atoms with Crippen LogP contribution >= 0.6 is 11.3 Å². The van der Waals surface area contributed by atoms with E-state index >= 15 is 0 Å². The maximum absolute atomic E-state index is 4.66. The number of aryl methyl sites for hydroxylation is 1. The molecule has 1 saturated carbocycles. The van der Waals surface area contributed by atoms with Crippen LogP contribution in [0.15, 0.2) is 24.3 Å². The van der Waals surface area contributed by atoms with E-state index < -0.39 is 0 Å². The van der Waals surface area contributed by atoms with Gasteiger partial charge in [-0.1, -0.05) is 31.4 Å². The molecule has 0 radical (unpaired) electrons. The van der Waals surface area contributed by atoms with Gasteiger partial charge in [-0.15, -0.1) is 11.3 Å². The molecule has 0 atom stereocenters. The van der Waals surface area contributed by atoms with Crippen LogP contribution < -0.4 is 0 Å². The molecule has 1 nitrogen and oxygen atoms in total. The van der Waals surface area contributed by atoms with Gasteiger partial charge in [-0.2, -0.15) is 0 Å². The zero-order valence-corrected chi connectivity index (χ0v) is 9.59. The number of rotatable bonds is 3. The fourth-order valence-electron chi connectivity index (χ4n) is 2.14. The normalized spacial score (nSPS) is 16.8. The van der Waals surface area contributed by atoms with Gasteiger partial charge in [-0.25, -0.2) is 4.98 Å². The highest BCUT2D eigenvalue weighted by atomic mass is 32.1. The highest BCUT2D eigenvalue weighted by Crippen LogP contribution is 2.31. The van der Waals surface area contributed by atoms with Crippen LogP contribution in [0.2, 0.25) is 0 Å². The Hall–Kier alpha value is -0.890. The molecule has 0 N–H and O–H groups in total. The average Bonchev–Trinajstić information content (AvgIpc) is 2.57. The lowest BCUT2D eigenvalue weighted by molar-refractivity contribution is 0.296. The van der Waals surface area contributed by atoms with Gasteiger partial charge in [0.25, 0.3) is 0 Å². The van der Waals surface area contributed by atoms with E-state index in [1.54, 1.807) is 0 Å². The number of fused-ring (bicyclic) bond motifs is 1. The van der Waals surface area contributed by atoms with E-state index in [1.807, 2.05) is 11.3 Å². The third kappa shape index (κ3) is 1.91. The van der Waals surface area contributed by atoms with Gasteiger partial charge in [-0.05, 0) is 30.9 Å². The molecule has 1 aromatic heterocycles. The third-order valence-corrected chi connectivity index (χ3v) is 4.43. The number of hydrogen-bond acceptors (Lipinski definition) is 2. The lowest BCUT2D eigenvalue weighted by Gasteiger charge is -2.24. The van der Waals surface area contributed by atoms with Gasteiger partial charge >= 0.3 is 0 Å². The predicted molar refractivity (Wildman–Crippen MR) is 65.3 cm³/mol. The lowest BCUT2D eigenvalue weighted by Crippen LogP contribution is -2.11. The van der Waals surface area contributed by atoms with Crippen LogP contribution in [-0.2, 0) is 6.42 Å². The molecule has 3 rings (SSSR count). The second-order valence-electron chi connectivity index (χ2n) is 4.41. The second kappa shape index (κ2) is 3.93. The van der Waals surface area contributed by atoms with E-state index in [0.29, 0.717) is 0 Å². The van der Waals surface area contributed by atoms with Crippen LogP contribution in [-0.4, -0.2) is 4.98 Å². The molecule has 0 bridgehead atoms. The van der Waals surface area contributed by atoms with Gasteiger partial charge in [0.2, 0.25) is 0 Å². The number of thiazole rings is 1. The highest BCUT2D eigenvalue weighted by Gasteiger charge is 2.17. The van der Waals surface area contributed by atoms with E-state index in [4.69, 9.17) is 0 Å². The number of benzene rings is 1. The molecule has 1 aliphatic rings. The van der Waals surface area contributed by atoms with Gasteiger partial charge in [0.05, 0.1) is 15.2 Å². The van der Waals surface area contributed by atoms with Gasteiger partial charge in [0.1, 0.15) is 0 Å². The Balaban J connectivity index is 1.73. The molecule has 2 heteroatoms. The molecule has 1 heterocycles. The quantitative estimate of drug-likeness (QED) is 0.756. The Bertz CT molecular complexity index is 423. The van der Waals surface area contributed by atoms with Crippen molar-refractivity contribution in [3.8, 4) is 0 Å². The van der Waals surface area contributed by atoms with Gasteiger partial charge < -0.3 is 0 Å². The van der Waals surface area contributed by atoms with Crippen molar-refractivity contribution in [3.05, 3.63) is 29.3 Å². The highest BCUT2D eigenvalue weighted by molar-refractivity contribution is 7.18. The second-order valence-corrected chi connectivity index (χ2v) is 5.53. The lowest BCUT2D eigenvalue weighted by atomic mass is 9.82. The van der Waals surface area contributed by atoms with Crippen molar-refractivity contribution < 1.29 is 0 Å². The molecule has 0 aliphatic heterocycles. The summed E-state index contributed by atoms with van der Waals surface area (Å²) in [4.78, 5) is 4.66. The van der Waals surface area contributed by atoms with Crippen LogP contribution in [0.4, 0.5) is 0 Å². The van der Waals surface area contributed by atoms with Crippen LogP contribution in [0.3, 0.4) is 0 Å². The van der Waals surface area contributed by atoms with Crippen LogP contribution in [0.25, 0.3) is 10.2 Å². The van der Waals surface area contributed by atoms with Crippen molar-refractivity contribution in [1.29, 1.82) is 0 Å². The van der Waals surface area contributed by atoms with Gasteiger partial charge in [0.15, 0.2) is 0 Å². The molecule has 78 valence electrons. The number of nitrogens with zero attached hydrogens (tertiary/aromatic N) is 1. The standard InChI is InChI=1S/C13H15NS/c1-2-7-12-11(6-1)14-13(15-12)9-8-10-4-3-5-10/h1-2,6-7,10H,3-5,8-9H2. The van der Waals surface area contributed by atoms with E-state index in [-0.39, 0.29) is 0 Å². The molecule has 0 unspecified atom stereocenters. The summed E-state index contributed by atoms with van der Waals surface area (Å²) in [6.07, 6.45) is 6.88. The Morgan fingerprint density at radius 1 is 1.27 bits per heavy atom. The minimum Gasteiger partial charge on any atom is -0.241 e. The molecule has 1 aromatic carbocycles. The fraction of sp³-hybridized carbons (Fsp3) is 0.462. The summed E-state index contributed by atoms with van der Waals surface area (Å²) in [7, 11) is 0. The van der Waals surface area contributed by atoms with Crippen LogP contribution in [0, 0.1) is 5.92 Å². The average molecular weight is 217 g/mol. The molecule has 15 heavy (non-hydrogen) atoms. The third-order valence-electron chi connectivity index (χ3n) is 3.33. The fourth-order valence-corrected chi connectivity index (χ4v) is 3.12. The molecule has 1 aliphatic carbocycles. The molecular weight excluding hydrogens is 202 g/mol. The predicted octanol–water partition coefficient (Wildman–Crippen LogP) is 4.03.